The lowest BCUT2D eigenvalue weighted by Gasteiger charge is -2.43. The van der Waals surface area contributed by atoms with E-state index in [1.54, 1.807) is 0 Å². The van der Waals surface area contributed by atoms with Crippen LogP contribution in [0.2, 0.25) is 0 Å². The maximum atomic E-state index is 12.7. The van der Waals surface area contributed by atoms with Gasteiger partial charge in [-0.2, -0.15) is 0 Å². The van der Waals surface area contributed by atoms with Gasteiger partial charge in [0.15, 0.2) is 0 Å². The molecule has 2 unspecified atom stereocenters. The largest absolute Gasteiger partial charge is 0.507 e. The maximum Gasteiger partial charge on any atom is 0.123 e. The first kappa shape index (κ1) is 33.5. The van der Waals surface area contributed by atoms with E-state index in [1.807, 2.05) is 0 Å². The van der Waals surface area contributed by atoms with Crippen molar-refractivity contribution in [2.45, 2.75) is 140 Å². The molecular weight excluding hydrogens is 577 g/mol. The van der Waals surface area contributed by atoms with Gasteiger partial charge in [-0.05, 0) is 78.4 Å². The lowest BCUT2D eigenvalue weighted by molar-refractivity contribution is 0.256. The second-order valence-electron chi connectivity index (χ2n) is 15.8. The third kappa shape index (κ3) is 6.14. The summed E-state index contributed by atoms with van der Waals surface area (Å²) in [6.07, 6.45) is 15.6. The molecule has 0 amide bonds. The fraction of sp³-hybridized carbons (Fsp3) is 0.558. The summed E-state index contributed by atoms with van der Waals surface area (Å²) >= 11 is 0. The third-order valence-electron chi connectivity index (χ3n) is 12.0. The quantitative estimate of drug-likeness (QED) is 0.245. The smallest absolute Gasteiger partial charge is 0.123 e. The molecule has 1 saturated heterocycles. The number of phenols is 1. The molecule has 0 bridgehead atoms. The molecule has 1 N–H and O–H groups in total. The molecule has 2 atom stereocenters. The van der Waals surface area contributed by atoms with Crippen molar-refractivity contribution in [2.24, 2.45) is 10.9 Å². The van der Waals surface area contributed by atoms with Gasteiger partial charge in [0.1, 0.15) is 5.75 Å². The predicted octanol–water partition coefficient (Wildman–Crippen LogP) is 12.7. The minimum atomic E-state index is -0.405. The van der Waals surface area contributed by atoms with Crippen LogP contribution in [0.15, 0.2) is 71.7 Å². The average Bonchev–Trinajstić information content (AvgIpc) is 3.45. The molecule has 246 valence electrons. The number of para-hydroxylation sites is 2. The molecule has 2 aliphatic carbocycles. The van der Waals surface area contributed by atoms with Crippen molar-refractivity contribution in [1.29, 1.82) is 0 Å². The molecule has 3 aromatic carbocycles. The first-order valence-electron chi connectivity index (χ1n) is 18.5. The average molecular weight is 636 g/mol. The van der Waals surface area contributed by atoms with Crippen LogP contribution in [0.1, 0.15) is 152 Å². The van der Waals surface area contributed by atoms with Crippen molar-refractivity contribution in [3.05, 3.63) is 94.5 Å². The highest BCUT2D eigenvalue weighted by atomic mass is 31.1. The second-order valence-corrected chi connectivity index (χ2v) is 18.3. The van der Waals surface area contributed by atoms with Crippen LogP contribution in [0.5, 0.6) is 5.75 Å². The van der Waals surface area contributed by atoms with Gasteiger partial charge < -0.3 is 5.11 Å². The number of aromatic hydroxyl groups is 1. The predicted molar refractivity (Wildman–Crippen MR) is 200 cm³/mol. The Morgan fingerprint density at radius 1 is 0.739 bits per heavy atom. The number of rotatable bonds is 8. The highest BCUT2D eigenvalue weighted by Crippen LogP contribution is 2.66. The van der Waals surface area contributed by atoms with Crippen LogP contribution in [0.25, 0.3) is 0 Å². The van der Waals surface area contributed by atoms with Gasteiger partial charge in [-0.1, -0.05) is 155 Å². The van der Waals surface area contributed by atoms with Crippen LogP contribution in [-0.4, -0.2) is 22.4 Å². The summed E-state index contributed by atoms with van der Waals surface area (Å²) < 4.78 is 0. The molecule has 2 saturated carbocycles. The van der Waals surface area contributed by atoms with Crippen molar-refractivity contribution in [3.8, 4) is 5.75 Å². The standard InChI is InChI=1S/C43H58NOP/c1-30(2)35-24-16-25-36(31(3)4)39(35)44-41-43(33-20-12-8-13-21-33,28-29-46(41)34-22-14-9-15-23-34)38-27-17-26-37(40(38)45)42(5,6)32-18-10-7-11-19-32/h7,10-11,16-19,24-27,30-31,33-34,45H,8-9,12-15,20-23,28-29H2,1-6H3. The molecule has 0 radical (unpaired) electrons. The number of aliphatic imine (C=N–C) groups is 1. The Kier molecular flexibility index (Phi) is 10.2. The number of nitrogens with zero attached hydrogens (tertiary/aromatic N) is 1. The summed E-state index contributed by atoms with van der Waals surface area (Å²) in [4.78, 5) is 6.09. The first-order valence-corrected chi connectivity index (χ1v) is 20.1. The van der Waals surface area contributed by atoms with Gasteiger partial charge in [0.2, 0.25) is 0 Å². The van der Waals surface area contributed by atoms with Crippen LogP contribution in [0.4, 0.5) is 5.69 Å². The summed E-state index contributed by atoms with van der Waals surface area (Å²) in [6.45, 7) is 13.9. The van der Waals surface area contributed by atoms with E-state index in [-0.39, 0.29) is 10.8 Å². The SMILES string of the molecule is CC(C)c1cccc(C(C)C)c1N=C1P(C2CCCCC2)CCC1(c1cccc(C(C)(C)c2ccccc2)c1O)C1CCCCC1. The lowest BCUT2D eigenvalue weighted by atomic mass is 9.63. The molecular formula is C43H58NOP. The van der Waals surface area contributed by atoms with Crippen LogP contribution in [-0.2, 0) is 10.8 Å². The van der Waals surface area contributed by atoms with E-state index < -0.39 is 7.92 Å². The summed E-state index contributed by atoms with van der Waals surface area (Å²) in [5.41, 5.74) is 9.19. The zero-order valence-electron chi connectivity index (χ0n) is 29.5. The van der Waals surface area contributed by atoms with Gasteiger partial charge in [-0.15, -0.1) is 0 Å². The Labute approximate surface area is 281 Å². The van der Waals surface area contributed by atoms with E-state index in [1.165, 1.54) is 104 Å². The minimum absolute atomic E-state index is 0.214. The van der Waals surface area contributed by atoms with Crippen molar-refractivity contribution < 1.29 is 5.11 Å². The molecule has 3 aliphatic rings. The highest BCUT2D eigenvalue weighted by Gasteiger charge is 2.54. The Hall–Kier alpha value is -2.44. The van der Waals surface area contributed by atoms with Gasteiger partial charge >= 0.3 is 0 Å². The summed E-state index contributed by atoms with van der Waals surface area (Å²) in [5, 5.41) is 12.7. The van der Waals surface area contributed by atoms with E-state index in [9.17, 15) is 5.11 Å². The van der Waals surface area contributed by atoms with Gasteiger partial charge in [0.25, 0.3) is 0 Å². The van der Waals surface area contributed by atoms with E-state index >= 15 is 0 Å². The summed E-state index contributed by atoms with van der Waals surface area (Å²) in [7, 11) is -0.405. The van der Waals surface area contributed by atoms with E-state index in [0.29, 0.717) is 23.5 Å². The molecule has 0 aromatic heterocycles. The van der Waals surface area contributed by atoms with Gasteiger partial charge in [-0.25, -0.2) is 0 Å². The Balaban J connectivity index is 1.62. The monoisotopic (exact) mass is 635 g/mol. The molecule has 3 aromatic rings. The fourth-order valence-electron chi connectivity index (χ4n) is 9.31. The van der Waals surface area contributed by atoms with E-state index in [2.05, 4.69) is 108 Å². The van der Waals surface area contributed by atoms with Crippen molar-refractivity contribution in [3.63, 3.8) is 0 Å². The summed E-state index contributed by atoms with van der Waals surface area (Å²) in [6, 6.07) is 24.4. The maximum absolute atomic E-state index is 12.7. The third-order valence-corrected chi connectivity index (χ3v) is 15.1. The molecule has 6 rings (SSSR count). The molecule has 1 aliphatic heterocycles. The van der Waals surface area contributed by atoms with Crippen molar-refractivity contribution in [2.75, 3.05) is 6.16 Å². The Morgan fingerprint density at radius 3 is 1.93 bits per heavy atom. The van der Waals surface area contributed by atoms with Gasteiger partial charge in [-0.3, -0.25) is 4.99 Å². The molecule has 1 heterocycles. The van der Waals surface area contributed by atoms with Gasteiger partial charge in [0.05, 0.1) is 11.1 Å². The fourth-order valence-corrected chi connectivity index (χ4v) is 13.0. The van der Waals surface area contributed by atoms with Crippen LogP contribution in [0.3, 0.4) is 0 Å². The van der Waals surface area contributed by atoms with Gasteiger partial charge in [0, 0.05) is 22.0 Å². The molecule has 3 heteroatoms. The minimum Gasteiger partial charge on any atom is -0.507 e. The number of benzene rings is 3. The van der Waals surface area contributed by atoms with Crippen LogP contribution in [0, 0.1) is 5.92 Å². The number of phenolic OH excluding ortho intramolecular Hbond substituents is 1. The Morgan fingerprint density at radius 2 is 1.33 bits per heavy atom. The Bertz CT molecular complexity index is 1480. The summed E-state index contributed by atoms with van der Waals surface area (Å²) in [5.74, 6) is 1.86. The zero-order valence-corrected chi connectivity index (χ0v) is 30.4. The normalized spacial score (nSPS) is 24.3. The molecule has 3 fully saturated rings. The van der Waals surface area contributed by atoms with Crippen molar-refractivity contribution in [1.82, 2.24) is 0 Å². The van der Waals surface area contributed by atoms with Crippen LogP contribution < -0.4 is 0 Å². The zero-order chi connectivity index (χ0) is 32.5. The first-order chi connectivity index (χ1) is 22.2. The lowest BCUT2D eigenvalue weighted by Crippen LogP contribution is -2.41. The van der Waals surface area contributed by atoms with Crippen LogP contribution >= 0.6 is 7.92 Å². The molecule has 2 nitrogen and oxygen atoms in total. The number of hydrogen-bond acceptors (Lipinski definition) is 2. The molecule has 46 heavy (non-hydrogen) atoms. The second kappa shape index (κ2) is 14.0. The topological polar surface area (TPSA) is 32.6 Å². The highest BCUT2D eigenvalue weighted by molar-refractivity contribution is 7.76. The van der Waals surface area contributed by atoms with E-state index in [4.69, 9.17) is 4.99 Å². The van der Waals surface area contributed by atoms with Crippen molar-refractivity contribution >= 4 is 19.1 Å². The molecule has 0 spiro atoms. The van der Waals surface area contributed by atoms with E-state index in [0.717, 1.165) is 17.6 Å². The number of hydrogen-bond donors (Lipinski definition) is 1.